The fourth-order valence-corrected chi connectivity index (χ4v) is 5.26. The summed E-state index contributed by atoms with van der Waals surface area (Å²) in [5.74, 6) is -0.484. The molecule has 0 N–H and O–H groups in total. The number of fused-ring (bicyclic) bond motifs is 1. The average molecular weight is 419 g/mol. The van der Waals surface area contributed by atoms with Gasteiger partial charge in [-0.25, -0.2) is 13.2 Å². The monoisotopic (exact) mass is 419 g/mol. The lowest BCUT2D eigenvalue weighted by atomic mass is 10.1. The summed E-state index contributed by atoms with van der Waals surface area (Å²) in [4.78, 5) is 26.2. The van der Waals surface area contributed by atoms with Crippen LogP contribution in [0.1, 0.15) is 20.3 Å². The van der Waals surface area contributed by atoms with Crippen molar-refractivity contribution in [1.82, 2.24) is 4.90 Å². The van der Waals surface area contributed by atoms with Crippen LogP contribution in [0.2, 0.25) is 0 Å². The zero-order valence-corrected chi connectivity index (χ0v) is 17.4. The second-order valence-electron chi connectivity index (χ2n) is 7.11. The van der Waals surface area contributed by atoms with Gasteiger partial charge < -0.3 is 14.4 Å². The third kappa shape index (κ3) is 5.26. The zero-order chi connectivity index (χ0) is 21.0. The smallest absolute Gasteiger partial charge is 0.344 e. The van der Waals surface area contributed by atoms with Gasteiger partial charge in [0.25, 0.3) is 5.91 Å². The average Bonchev–Trinajstić information content (AvgIpc) is 3.06. The first-order valence-electron chi connectivity index (χ1n) is 9.61. The lowest BCUT2D eigenvalue weighted by Crippen LogP contribution is -2.46. The SMILES string of the molecule is CCN(C(=O)C(C)OC(=O)COc1ccc2ccccc2c1)C1CCS(=O)(=O)C1. The van der Waals surface area contributed by atoms with E-state index in [1.807, 2.05) is 36.4 Å². The van der Waals surface area contributed by atoms with Gasteiger partial charge in [-0.3, -0.25) is 4.79 Å². The molecule has 29 heavy (non-hydrogen) atoms. The van der Waals surface area contributed by atoms with Gasteiger partial charge in [-0.05, 0) is 43.2 Å². The molecule has 1 fully saturated rings. The lowest BCUT2D eigenvalue weighted by Gasteiger charge is -2.29. The van der Waals surface area contributed by atoms with E-state index in [-0.39, 0.29) is 24.2 Å². The first kappa shape index (κ1) is 21.1. The molecule has 0 aromatic heterocycles. The molecule has 1 saturated heterocycles. The number of hydrogen-bond acceptors (Lipinski definition) is 6. The summed E-state index contributed by atoms with van der Waals surface area (Å²) in [5, 5.41) is 2.06. The molecule has 156 valence electrons. The van der Waals surface area contributed by atoms with Gasteiger partial charge in [-0.15, -0.1) is 0 Å². The van der Waals surface area contributed by atoms with Crippen LogP contribution in [0.3, 0.4) is 0 Å². The molecule has 0 radical (unpaired) electrons. The Bertz CT molecular complexity index is 1000. The summed E-state index contributed by atoms with van der Waals surface area (Å²) < 4.78 is 34.1. The summed E-state index contributed by atoms with van der Waals surface area (Å²) in [6.45, 7) is 3.30. The van der Waals surface area contributed by atoms with Crippen LogP contribution in [0.4, 0.5) is 0 Å². The number of carbonyl (C=O) groups is 2. The molecule has 2 unspecified atom stereocenters. The predicted molar refractivity (Wildman–Crippen MR) is 109 cm³/mol. The Morgan fingerprint density at radius 1 is 1.17 bits per heavy atom. The largest absolute Gasteiger partial charge is 0.482 e. The van der Waals surface area contributed by atoms with Crippen molar-refractivity contribution in [2.75, 3.05) is 24.7 Å². The standard InChI is InChI=1S/C21H25NO6S/c1-3-22(18-10-11-29(25,26)14-18)21(24)15(2)28-20(23)13-27-19-9-8-16-6-4-5-7-17(16)12-19/h4-9,12,15,18H,3,10-11,13-14H2,1-2H3. The number of nitrogens with zero attached hydrogens (tertiary/aromatic N) is 1. The number of likely N-dealkylation sites (N-methyl/N-ethyl adjacent to an activating group) is 1. The van der Waals surface area contributed by atoms with Crippen molar-refractivity contribution in [2.45, 2.75) is 32.4 Å². The Kier molecular flexibility index (Phi) is 6.42. The highest BCUT2D eigenvalue weighted by Gasteiger charge is 2.36. The quantitative estimate of drug-likeness (QED) is 0.639. The summed E-state index contributed by atoms with van der Waals surface area (Å²) in [5.41, 5.74) is 0. The normalized spacial score (nSPS) is 18.9. The maximum absolute atomic E-state index is 12.6. The molecule has 1 heterocycles. The zero-order valence-electron chi connectivity index (χ0n) is 16.5. The van der Waals surface area contributed by atoms with E-state index in [0.29, 0.717) is 18.7 Å². The number of esters is 1. The Morgan fingerprint density at radius 3 is 2.55 bits per heavy atom. The minimum Gasteiger partial charge on any atom is -0.482 e. The third-order valence-corrected chi connectivity index (χ3v) is 6.76. The molecule has 0 bridgehead atoms. The Morgan fingerprint density at radius 2 is 1.90 bits per heavy atom. The maximum Gasteiger partial charge on any atom is 0.344 e. The minimum atomic E-state index is -3.11. The van der Waals surface area contributed by atoms with Crippen LogP contribution in [-0.2, 0) is 24.2 Å². The first-order valence-corrected chi connectivity index (χ1v) is 11.4. The van der Waals surface area contributed by atoms with E-state index in [4.69, 9.17) is 9.47 Å². The molecular formula is C21H25NO6S. The predicted octanol–water partition coefficient (Wildman–Crippen LogP) is 2.19. The van der Waals surface area contributed by atoms with Crippen molar-refractivity contribution in [2.24, 2.45) is 0 Å². The summed E-state index contributed by atoms with van der Waals surface area (Å²) >= 11 is 0. The van der Waals surface area contributed by atoms with Crippen molar-refractivity contribution in [1.29, 1.82) is 0 Å². The van der Waals surface area contributed by atoms with Crippen molar-refractivity contribution >= 4 is 32.5 Å². The van der Waals surface area contributed by atoms with Crippen molar-refractivity contribution in [3.63, 3.8) is 0 Å². The van der Waals surface area contributed by atoms with E-state index in [1.165, 1.54) is 11.8 Å². The molecule has 0 spiro atoms. The molecule has 1 aliphatic heterocycles. The number of sulfone groups is 1. The van der Waals surface area contributed by atoms with E-state index in [2.05, 4.69) is 0 Å². The van der Waals surface area contributed by atoms with Crippen LogP contribution in [0.5, 0.6) is 5.75 Å². The van der Waals surface area contributed by atoms with Crippen LogP contribution in [0.15, 0.2) is 42.5 Å². The summed E-state index contributed by atoms with van der Waals surface area (Å²) in [6.07, 6.45) is -0.598. The molecule has 0 aliphatic carbocycles. The van der Waals surface area contributed by atoms with Crippen molar-refractivity contribution in [3.8, 4) is 5.75 Å². The minimum absolute atomic E-state index is 0.0433. The molecule has 7 nitrogen and oxygen atoms in total. The lowest BCUT2D eigenvalue weighted by molar-refractivity contribution is -0.161. The number of hydrogen-bond donors (Lipinski definition) is 0. The fourth-order valence-electron chi connectivity index (χ4n) is 3.53. The molecule has 1 aliphatic rings. The van der Waals surface area contributed by atoms with Crippen LogP contribution < -0.4 is 4.74 Å². The van der Waals surface area contributed by atoms with Crippen molar-refractivity contribution < 1.29 is 27.5 Å². The number of rotatable bonds is 7. The van der Waals surface area contributed by atoms with E-state index in [1.54, 1.807) is 13.0 Å². The molecule has 1 amide bonds. The van der Waals surface area contributed by atoms with Gasteiger partial charge in [0.15, 0.2) is 22.5 Å². The van der Waals surface area contributed by atoms with Gasteiger partial charge in [0, 0.05) is 12.6 Å². The Hall–Kier alpha value is -2.61. The molecule has 3 rings (SSSR count). The number of amides is 1. The molecule has 2 aromatic carbocycles. The first-order chi connectivity index (χ1) is 13.8. The van der Waals surface area contributed by atoms with Crippen LogP contribution >= 0.6 is 0 Å². The Labute approximate surface area is 170 Å². The van der Waals surface area contributed by atoms with Crippen LogP contribution in [-0.4, -0.2) is 62.0 Å². The van der Waals surface area contributed by atoms with Crippen molar-refractivity contribution in [3.05, 3.63) is 42.5 Å². The number of carbonyl (C=O) groups excluding carboxylic acids is 2. The fraction of sp³-hybridized carbons (Fsp3) is 0.429. The van der Waals surface area contributed by atoms with E-state index < -0.39 is 27.8 Å². The van der Waals surface area contributed by atoms with Gasteiger partial charge in [-0.1, -0.05) is 30.3 Å². The topological polar surface area (TPSA) is 90.0 Å². The summed E-state index contributed by atoms with van der Waals surface area (Å²) in [7, 11) is -3.11. The molecule has 0 saturated carbocycles. The highest BCUT2D eigenvalue weighted by atomic mass is 32.2. The highest BCUT2D eigenvalue weighted by Crippen LogP contribution is 2.21. The molecule has 2 atom stereocenters. The molecular weight excluding hydrogens is 394 g/mol. The van der Waals surface area contributed by atoms with Gasteiger partial charge in [0.1, 0.15) is 5.75 Å². The maximum atomic E-state index is 12.6. The Balaban J connectivity index is 1.54. The van der Waals surface area contributed by atoms with Gasteiger partial charge in [0.2, 0.25) is 0 Å². The summed E-state index contributed by atoms with van der Waals surface area (Å²) in [6, 6.07) is 12.9. The number of ether oxygens (including phenoxy) is 2. The van der Waals surface area contributed by atoms with E-state index >= 15 is 0 Å². The van der Waals surface area contributed by atoms with E-state index in [9.17, 15) is 18.0 Å². The van der Waals surface area contributed by atoms with E-state index in [0.717, 1.165) is 10.8 Å². The second-order valence-corrected chi connectivity index (χ2v) is 9.34. The molecule has 8 heteroatoms. The van der Waals surface area contributed by atoms with Gasteiger partial charge in [0.05, 0.1) is 11.5 Å². The number of benzene rings is 2. The van der Waals surface area contributed by atoms with Gasteiger partial charge >= 0.3 is 5.97 Å². The highest BCUT2D eigenvalue weighted by molar-refractivity contribution is 7.91. The van der Waals surface area contributed by atoms with Gasteiger partial charge in [-0.2, -0.15) is 0 Å². The van der Waals surface area contributed by atoms with Crippen LogP contribution in [0.25, 0.3) is 10.8 Å². The second kappa shape index (κ2) is 8.82. The molecule has 2 aromatic rings. The third-order valence-electron chi connectivity index (χ3n) is 5.01. The van der Waals surface area contributed by atoms with Crippen LogP contribution in [0, 0.1) is 0 Å².